The van der Waals surface area contributed by atoms with Gasteiger partial charge in [-0.3, -0.25) is 4.98 Å². The minimum Gasteiger partial charge on any atom is -0.251 e. The third-order valence-electron chi connectivity index (χ3n) is 2.55. The molecule has 0 N–H and O–H groups in total. The second-order valence-electron chi connectivity index (χ2n) is 3.62. The van der Waals surface area contributed by atoms with E-state index in [1.807, 2.05) is 31.2 Å². The molecule has 0 aliphatic carbocycles. The molecule has 0 unspecified atom stereocenters. The van der Waals surface area contributed by atoms with Crippen LogP contribution in [0.4, 0.5) is 0 Å². The van der Waals surface area contributed by atoms with Crippen LogP contribution in [0.3, 0.4) is 0 Å². The van der Waals surface area contributed by atoms with Gasteiger partial charge in [0.2, 0.25) is 0 Å². The highest BCUT2D eigenvalue weighted by atomic mass is 35.5. The first-order valence-corrected chi connectivity index (χ1v) is 5.75. The molecule has 0 bridgehead atoms. The van der Waals surface area contributed by atoms with E-state index in [9.17, 15) is 0 Å². The van der Waals surface area contributed by atoms with Crippen molar-refractivity contribution in [3.05, 3.63) is 52.2 Å². The van der Waals surface area contributed by atoms with Gasteiger partial charge in [-0.25, -0.2) is 0 Å². The molecule has 0 atom stereocenters. The van der Waals surface area contributed by atoms with Crippen LogP contribution in [-0.4, -0.2) is 4.98 Å². The SMILES string of the molecule is C=CCc1c(C)nc2c(Cl)cccc2c1Cl. The Labute approximate surface area is 105 Å². The third-order valence-corrected chi connectivity index (χ3v) is 3.29. The third kappa shape index (κ3) is 1.81. The number of rotatable bonds is 2. The molecule has 0 saturated heterocycles. The second kappa shape index (κ2) is 4.44. The van der Waals surface area contributed by atoms with Crippen molar-refractivity contribution < 1.29 is 0 Å². The molecule has 0 fully saturated rings. The molecule has 1 aromatic heterocycles. The summed E-state index contributed by atoms with van der Waals surface area (Å²) < 4.78 is 0. The predicted molar refractivity (Wildman–Crippen MR) is 70.4 cm³/mol. The molecule has 0 saturated carbocycles. The van der Waals surface area contributed by atoms with E-state index >= 15 is 0 Å². The van der Waals surface area contributed by atoms with E-state index in [0.29, 0.717) is 5.02 Å². The monoisotopic (exact) mass is 251 g/mol. The van der Waals surface area contributed by atoms with E-state index in [1.54, 1.807) is 0 Å². The smallest absolute Gasteiger partial charge is 0.0906 e. The van der Waals surface area contributed by atoms with Crippen LogP contribution in [0.1, 0.15) is 11.3 Å². The maximum Gasteiger partial charge on any atom is 0.0906 e. The number of hydrogen-bond donors (Lipinski definition) is 0. The van der Waals surface area contributed by atoms with Crippen LogP contribution in [0.5, 0.6) is 0 Å². The maximum absolute atomic E-state index is 6.35. The summed E-state index contributed by atoms with van der Waals surface area (Å²) >= 11 is 12.4. The van der Waals surface area contributed by atoms with Crippen molar-refractivity contribution >= 4 is 34.1 Å². The van der Waals surface area contributed by atoms with Crippen LogP contribution < -0.4 is 0 Å². The van der Waals surface area contributed by atoms with Crippen LogP contribution >= 0.6 is 23.2 Å². The lowest BCUT2D eigenvalue weighted by Crippen LogP contribution is -1.95. The van der Waals surface area contributed by atoms with Crippen molar-refractivity contribution in [2.24, 2.45) is 0 Å². The number of benzene rings is 1. The highest BCUT2D eigenvalue weighted by Gasteiger charge is 2.11. The van der Waals surface area contributed by atoms with Crippen LogP contribution in [0.15, 0.2) is 30.9 Å². The molecule has 0 amide bonds. The standard InChI is InChI=1S/C13H11Cl2N/c1-3-5-9-8(2)16-13-10(12(9)15)6-4-7-11(13)14/h3-4,6-7H,1,5H2,2H3. The van der Waals surface area contributed by atoms with Crippen molar-refractivity contribution in [3.63, 3.8) is 0 Å². The van der Waals surface area contributed by atoms with Gasteiger partial charge >= 0.3 is 0 Å². The number of pyridine rings is 1. The minimum absolute atomic E-state index is 0.632. The number of para-hydroxylation sites is 1. The molecular weight excluding hydrogens is 241 g/mol. The molecule has 1 aromatic carbocycles. The van der Waals surface area contributed by atoms with Crippen molar-refractivity contribution in [2.45, 2.75) is 13.3 Å². The fourth-order valence-electron chi connectivity index (χ4n) is 1.74. The van der Waals surface area contributed by atoms with Gasteiger partial charge in [0, 0.05) is 11.1 Å². The average Bonchev–Trinajstić information content (AvgIpc) is 2.26. The Morgan fingerprint density at radius 3 is 2.81 bits per heavy atom. The fraction of sp³-hybridized carbons (Fsp3) is 0.154. The highest BCUT2D eigenvalue weighted by molar-refractivity contribution is 6.39. The van der Waals surface area contributed by atoms with Gasteiger partial charge in [-0.05, 0) is 25.0 Å². The van der Waals surface area contributed by atoms with Crippen LogP contribution in [0.25, 0.3) is 10.9 Å². The molecule has 2 rings (SSSR count). The van der Waals surface area contributed by atoms with E-state index in [1.165, 1.54) is 0 Å². The van der Waals surface area contributed by atoms with Gasteiger partial charge in [0.05, 0.1) is 15.6 Å². The molecule has 1 nitrogen and oxygen atoms in total. The van der Waals surface area contributed by atoms with Gasteiger partial charge in [-0.2, -0.15) is 0 Å². The maximum atomic E-state index is 6.35. The molecule has 3 heteroatoms. The van der Waals surface area contributed by atoms with Gasteiger partial charge in [-0.1, -0.05) is 41.4 Å². The summed E-state index contributed by atoms with van der Waals surface area (Å²) in [6.07, 6.45) is 2.55. The minimum atomic E-state index is 0.632. The van der Waals surface area contributed by atoms with Crippen LogP contribution in [-0.2, 0) is 6.42 Å². The van der Waals surface area contributed by atoms with Gasteiger partial charge < -0.3 is 0 Å². The molecule has 0 radical (unpaired) electrons. The first kappa shape index (κ1) is 11.4. The van der Waals surface area contributed by atoms with Crippen LogP contribution in [0.2, 0.25) is 10.0 Å². The van der Waals surface area contributed by atoms with Crippen molar-refractivity contribution in [3.8, 4) is 0 Å². The van der Waals surface area contributed by atoms with Crippen LogP contribution in [0, 0.1) is 6.92 Å². The Kier molecular flexibility index (Phi) is 3.17. The predicted octanol–water partition coefficient (Wildman–Crippen LogP) is 4.58. The van der Waals surface area contributed by atoms with Gasteiger partial charge in [-0.15, -0.1) is 6.58 Å². The molecule has 16 heavy (non-hydrogen) atoms. The number of allylic oxidation sites excluding steroid dienone is 1. The second-order valence-corrected chi connectivity index (χ2v) is 4.40. The lowest BCUT2D eigenvalue weighted by molar-refractivity contribution is 1.14. The first-order chi connectivity index (χ1) is 7.65. The van der Waals surface area contributed by atoms with Crippen molar-refractivity contribution in [1.29, 1.82) is 0 Å². The molecule has 0 aliphatic heterocycles. The van der Waals surface area contributed by atoms with Gasteiger partial charge in [0.15, 0.2) is 0 Å². The summed E-state index contributed by atoms with van der Waals surface area (Å²) in [7, 11) is 0. The zero-order valence-electron chi connectivity index (χ0n) is 8.93. The summed E-state index contributed by atoms with van der Waals surface area (Å²) in [5.74, 6) is 0. The summed E-state index contributed by atoms with van der Waals surface area (Å²) in [6.45, 7) is 5.66. The van der Waals surface area contributed by atoms with E-state index in [-0.39, 0.29) is 0 Å². The first-order valence-electron chi connectivity index (χ1n) is 4.99. The Balaban J connectivity index is 2.83. The summed E-state index contributed by atoms with van der Waals surface area (Å²) in [5.41, 5.74) is 2.69. The number of fused-ring (bicyclic) bond motifs is 1. The summed E-state index contributed by atoms with van der Waals surface area (Å²) in [6, 6.07) is 5.63. The number of hydrogen-bond acceptors (Lipinski definition) is 1. The lowest BCUT2D eigenvalue weighted by Gasteiger charge is -2.09. The Morgan fingerprint density at radius 2 is 2.12 bits per heavy atom. The number of aromatic nitrogens is 1. The molecule has 0 spiro atoms. The van der Waals surface area contributed by atoms with E-state index in [0.717, 1.165) is 33.6 Å². The van der Waals surface area contributed by atoms with Gasteiger partial charge in [0.1, 0.15) is 0 Å². The highest BCUT2D eigenvalue weighted by Crippen LogP contribution is 2.31. The molecule has 1 heterocycles. The molecular formula is C13H11Cl2N. The number of nitrogens with zero attached hydrogens (tertiary/aromatic N) is 1. The Morgan fingerprint density at radius 1 is 1.38 bits per heavy atom. The van der Waals surface area contributed by atoms with Gasteiger partial charge in [0.25, 0.3) is 0 Å². The largest absolute Gasteiger partial charge is 0.251 e. The van der Waals surface area contributed by atoms with Crippen molar-refractivity contribution in [1.82, 2.24) is 4.98 Å². The fourth-order valence-corrected chi connectivity index (χ4v) is 2.33. The summed E-state index contributed by atoms with van der Waals surface area (Å²) in [4.78, 5) is 4.49. The normalized spacial score (nSPS) is 10.7. The quantitative estimate of drug-likeness (QED) is 0.713. The molecule has 82 valence electrons. The zero-order valence-corrected chi connectivity index (χ0v) is 10.4. The Hall–Kier alpha value is -1.05. The Bertz CT molecular complexity index is 561. The summed E-state index contributed by atoms with van der Waals surface area (Å²) in [5, 5.41) is 2.26. The van der Waals surface area contributed by atoms with E-state index in [4.69, 9.17) is 23.2 Å². The van der Waals surface area contributed by atoms with Crippen molar-refractivity contribution in [2.75, 3.05) is 0 Å². The average molecular weight is 252 g/mol. The zero-order chi connectivity index (χ0) is 11.7. The van der Waals surface area contributed by atoms with E-state index < -0.39 is 0 Å². The number of aryl methyl sites for hydroxylation is 1. The molecule has 2 aromatic rings. The molecule has 0 aliphatic rings. The lowest BCUT2D eigenvalue weighted by atomic mass is 10.1. The van der Waals surface area contributed by atoms with E-state index in [2.05, 4.69) is 11.6 Å². The number of halogens is 2. The topological polar surface area (TPSA) is 12.9 Å².